The molecule has 0 unspecified atom stereocenters. The molecule has 1 amide bonds. The van der Waals surface area contributed by atoms with E-state index in [2.05, 4.69) is 22.4 Å². The number of aromatic nitrogens is 2. The average Bonchev–Trinajstić information content (AvgIpc) is 2.94. The second kappa shape index (κ2) is 8.38. The first kappa shape index (κ1) is 16.3. The lowest BCUT2D eigenvalue weighted by Crippen LogP contribution is -2.07. The molecule has 0 saturated carbocycles. The summed E-state index contributed by atoms with van der Waals surface area (Å²) in [5, 5.41) is 12.0. The van der Waals surface area contributed by atoms with E-state index >= 15 is 0 Å². The van der Waals surface area contributed by atoms with Crippen LogP contribution in [-0.2, 0) is 11.2 Å². The molecule has 0 fully saturated rings. The Labute approximate surface area is 133 Å². The Bertz CT molecular complexity index is 654. The minimum atomic E-state index is -0.360. The van der Waals surface area contributed by atoms with Crippen molar-refractivity contribution in [3.8, 4) is 0 Å². The van der Waals surface area contributed by atoms with Crippen LogP contribution in [0.2, 0.25) is 0 Å². The molecular weight excluding hydrogens is 301 g/mol. The quantitative estimate of drug-likeness (QED) is 0.618. The Morgan fingerprint density at radius 3 is 2.91 bits per heavy atom. The number of amides is 1. The number of anilines is 1. The van der Waals surface area contributed by atoms with Gasteiger partial charge in [-0.3, -0.25) is 10.1 Å². The van der Waals surface area contributed by atoms with E-state index in [-0.39, 0.29) is 11.7 Å². The highest BCUT2D eigenvalue weighted by atomic mass is 32.1. The summed E-state index contributed by atoms with van der Waals surface area (Å²) in [6.45, 7) is 2.15. The number of nitrogens with zero attached hydrogens (tertiary/aromatic N) is 2. The fourth-order valence-corrected chi connectivity index (χ4v) is 2.64. The summed E-state index contributed by atoms with van der Waals surface area (Å²) in [6.07, 6.45) is 7.00. The summed E-state index contributed by atoms with van der Waals surface area (Å²) in [6, 6.07) is 6.28. The van der Waals surface area contributed by atoms with Crippen LogP contribution in [0.15, 0.2) is 30.3 Å². The van der Waals surface area contributed by atoms with Crippen molar-refractivity contribution >= 4 is 28.5 Å². The maximum atomic E-state index is 13.4. The van der Waals surface area contributed by atoms with Crippen LogP contribution in [0.4, 0.5) is 9.52 Å². The number of carbonyl (C=O) groups excluding carboxylic acids is 1. The summed E-state index contributed by atoms with van der Waals surface area (Å²) in [5.74, 6) is -0.708. The summed E-state index contributed by atoms with van der Waals surface area (Å²) in [4.78, 5) is 11.8. The van der Waals surface area contributed by atoms with Gasteiger partial charge in [-0.25, -0.2) is 4.39 Å². The third-order valence-corrected chi connectivity index (χ3v) is 3.91. The zero-order valence-electron chi connectivity index (χ0n) is 12.4. The highest BCUT2D eigenvalue weighted by Gasteiger charge is 2.06. The van der Waals surface area contributed by atoms with E-state index in [1.54, 1.807) is 18.2 Å². The first-order chi connectivity index (χ1) is 10.7. The lowest BCUT2D eigenvalue weighted by molar-refractivity contribution is -0.111. The molecule has 0 saturated heterocycles. The maximum absolute atomic E-state index is 13.4. The minimum absolute atomic E-state index is 0.348. The molecule has 1 aromatic heterocycles. The van der Waals surface area contributed by atoms with E-state index in [0.29, 0.717) is 10.7 Å². The molecule has 116 valence electrons. The number of halogens is 1. The number of aryl methyl sites for hydroxylation is 1. The SMILES string of the molecule is CCCCCc1nnc(NC(=O)/C=C/c2ccccc2F)s1. The van der Waals surface area contributed by atoms with Crippen molar-refractivity contribution in [1.29, 1.82) is 0 Å². The number of nitrogens with one attached hydrogen (secondary N) is 1. The van der Waals surface area contributed by atoms with E-state index in [9.17, 15) is 9.18 Å². The predicted molar refractivity (Wildman–Crippen MR) is 87.2 cm³/mol. The van der Waals surface area contributed by atoms with Gasteiger partial charge < -0.3 is 0 Å². The van der Waals surface area contributed by atoms with Gasteiger partial charge in [0.25, 0.3) is 0 Å². The Morgan fingerprint density at radius 1 is 1.32 bits per heavy atom. The molecule has 1 aromatic carbocycles. The van der Waals surface area contributed by atoms with Gasteiger partial charge in [0.15, 0.2) is 0 Å². The molecule has 0 aliphatic carbocycles. The summed E-state index contributed by atoms with van der Waals surface area (Å²) in [5.41, 5.74) is 0.371. The maximum Gasteiger partial charge on any atom is 0.250 e. The van der Waals surface area contributed by atoms with Gasteiger partial charge in [0.05, 0.1) is 0 Å². The molecule has 22 heavy (non-hydrogen) atoms. The fourth-order valence-electron chi connectivity index (χ4n) is 1.85. The van der Waals surface area contributed by atoms with Crippen LogP contribution in [0.25, 0.3) is 6.08 Å². The number of carbonyl (C=O) groups is 1. The first-order valence-electron chi connectivity index (χ1n) is 7.25. The van der Waals surface area contributed by atoms with Crippen LogP contribution < -0.4 is 5.32 Å². The number of rotatable bonds is 7. The third-order valence-electron chi connectivity index (χ3n) is 3.01. The number of unbranched alkanes of at least 4 members (excludes halogenated alkanes) is 2. The second-order valence-electron chi connectivity index (χ2n) is 4.80. The lowest BCUT2D eigenvalue weighted by atomic mass is 10.2. The molecule has 1 heterocycles. The van der Waals surface area contributed by atoms with Gasteiger partial charge in [0.1, 0.15) is 10.8 Å². The molecule has 0 atom stereocenters. The van der Waals surface area contributed by atoms with E-state index in [4.69, 9.17) is 0 Å². The molecule has 1 N–H and O–H groups in total. The minimum Gasteiger partial charge on any atom is -0.297 e. The van der Waals surface area contributed by atoms with Crippen LogP contribution in [0.3, 0.4) is 0 Å². The topological polar surface area (TPSA) is 54.9 Å². The Morgan fingerprint density at radius 2 is 2.14 bits per heavy atom. The summed E-state index contributed by atoms with van der Waals surface area (Å²) < 4.78 is 13.4. The van der Waals surface area contributed by atoms with Crippen molar-refractivity contribution < 1.29 is 9.18 Å². The number of hydrogen-bond acceptors (Lipinski definition) is 4. The van der Waals surface area contributed by atoms with Gasteiger partial charge in [-0.05, 0) is 18.6 Å². The van der Waals surface area contributed by atoms with E-state index in [1.165, 1.54) is 29.6 Å². The predicted octanol–water partition coefficient (Wildman–Crippen LogP) is 4.06. The van der Waals surface area contributed by atoms with Gasteiger partial charge >= 0.3 is 0 Å². The van der Waals surface area contributed by atoms with E-state index in [0.717, 1.165) is 30.7 Å². The molecule has 0 aliphatic heterocycles. The molecular formula is C16H18FN3OS. The molecule has 2 aromatic rings. The molecule has 0 spiro atoms. The van der Waals surface area contributed by atoms with Gasteiger partial charge in [0.2, 0.25) is 11.0 Å². The number of benzene rings is 1. The van der Waals surface area contributed by atoms with E-state index in [1.807, 2.05) is 0 Å². The fraction of sp³-hybridized carbons (Fsp3) is 0.312. The standard InChI is InChI=1S/C16H18FN3OS/c1-2-3-4-9-15-19-20-16(22-15)18-14(21)11-10-12-7-5-6-8-13(12)17/h5-8,10-11H,2-4,9H2,1H3,(H,18,20,21)/b11-10+. The van der Waals surface area contributed by atoms with Crippen molar-refractivity contribution in [3.05, 3.63) is 46.7 Å². The highest BCUT2D eigenvalue weighted by Crippen LogP contribution is 2.17. The number of hydrogen-bond donors (Lipinski definition) is 1. The van der Waals surface area contributed by atoms with E-state index < -0.39 is 0 Å². The summed E-state index contributed by atoms with van der Waals surface area (Å²) in [7, 11) is 0. The van der Waals surface area contributed by atoms with Crippen LogP contribution in [0, 0.1) is 5.82 Å². The lowest BCUT2D eigenvalue weighted by Gasteiger charge is -1.96. The van der Waals surface area contributed by atoms with Crippen molar-refractivity contribution in [3.63, 3.8) is 0 Å². The Balaban J connectivity index is 1.88. The van der Waals surface area contributed by atoms with Crippen molar-refractivity contribution in [2.75, 3.05) is 5.32 Å². The monoisotopic (exact) mass is 319 g/mol. The van der Waals surface area contributed by atoms with Crippen molar-refractivity contribution in [1.82, 2.24) is 10.2 Å². The van der Waals surface area contributed by atoms with Crippen LogP contribution in [-0.4, -0.2) is 16.1 Å². The Hall–Kier alpha value is -2.08. The van der Waals surface area contributed by atoms with Crippen LogP contribution >= 0.6 is 11.3 Å². The normalized spacial score (nSPS) is 11.0. The second-order valence-corrected chi connectivity index (χ2v) is 5.86. The average molecular weight is 319 g/mol. The van der Waals surface area contributed by atoms with Gasteiger partial charge in [-0.1, -0.05) is 49.3 Å². The molecule has 0 radical (unpaired) electrons. The molecule has 2 rings (SSSR count). The smallest absolute Gasteiger partial charge is 0.250 e. The van der Waals surface area contributed by atoms with Crippen molar-refractivity contribution in [2.24, 2.45) is 0 Å². The zero-order valence-corrected chi connectivity index (χ0v) is 13.2. The first-order valence-corrected chi connectivity index (χ1v) is 8.06. The summed E-state index contributed by atoms with van der Waals surface area (Å²) >= 11 is 1.37. The van der Waals surface area contributed by atoms with Crippen molar-refractivity contribution in [2.45, 2.75) is 32.6 Å². The zero-order chi connectivity index (χ0) is 15.8. The molecule has 4 nitrogen and oxygen atoms in total. The Kier molecular flexibility index (Phi) is 6.21. The molecule has 6 heteroatoms. The van der Waals surface area contributed by atoms with Gasteiger partial charge in [-0.15, -0.1) is 10.2 Å². The highest BCUT2D eigenvalue weighted by molar-refractivity contribution is 7.15. The van der Waals surface area contributed by atoms with Crippen LogP contribution in [0.5, 0.6) is 0 Å². The third kappa shape index (κ3) is 5.04. The molecule has 0 bridgehead atoms. The van der Waals surface area contributed by atoms with Gasteiger partial charge in [0, 0.05) is 18.1 Å². The largest absolute Gasteiger partial charge is 0.297 e. The van der Waals surface area contributed by atoms with Gasteiger partial charge in [-0.2, -0.15) is 0 Å². The molecule has 0 aliphatic rings. The van der Waals surface area contributed by atoms with Crippen LogP contribution in [0.1, 0.15) is 36.8 Å².